The Morgan fingerprint density at radius 1 is 1.22 bits per heavy atom. The van der Waals surface area contributed by atoms with Crippen molar-refractivity contribution in [1.29, 1.82) is 0 Å². The fourth-order valence-electron chi connectivity index (χ4n) is 3.32. The van der Waals surface area contributed by atoms with Crippen LogP contribution in [0.1, 0.15) is 29.9 Å². The Morgan fingerprint density at radius 3 is 2.78 bits per heavy atom. The number of carbonyl (C=O) groups is 1. The van der Waals surface area contributed by atoms with Gasteiger partial charge in [-0.2, -0.15) is 0 Å². The number of esters is 1. The number of thiazole rings is 1. The highest BCUT2D eigenvalue weighted by atomic mass is 32.1. The van der Waals surface area contributed by atoms with Crippen LogP contribution in [-0.4, -0.2) is 34.1 Å². The molecule has 0 saturated heterocycles. The highest BCUT2D eigenvalue weighted by molar-refractivity contribution is 7.14. The van der Waals surface area contributed by atoms with E-state index in [0.717, 1.165) is 27.9 Å². The Labute approximate surface area is 193 Å². The van der Waals surface area contributed by atoms with E-state index in [1.54, 1.807) is 37.4 Å². The monoisotopic (exact) mass is 466 g/mol. The lowest BCUT2D eigenvalue weighted by Gasteiger charge is -2.20. The molecule has 4 heterocycles. The van der Waals surface area contributed by atoms with Gasteiger partial charge in [0.2, 0.25) is 0 Å². The number of thiophene rings is 1. The number of pyridine rings is 2. The molecule has 0 atom stereocenters. The van der Waals surface area contributed by atoms with E-state index in [9.17, 15) is 9.59 Å². The molecule has 0 saturated carbocycles. The Hall–Kier alpha value is -3.30. The van der Waals surface area contributed by atoms with Crippen molar-refractivity contribution in [3.8, 4) is 21.8 Å². The van der Waals surface area contributed by atoms with E-state index in [0.29, 0.717) is 22.5 Å². The minimum Gasteiger partial charge on any atom is -0.462 e. The minimum atomic E-state index is -0.468. The number of carbonyl (C=O) groups excluding carboxylic acids is 1. The van der Waals surface area contributed by atoms with E-state index in [1.807, 2.05) is 29.0 Å². The Morgan fingerprint density at radius 2 is 2.06 bits per heavy atom. The summed E-state index contributed by atoms with van der Waals surface area (Å²) in [5.41, 5.74) is 2.27. The first-order valence-electron chi connectivity index (χ1n) is 10.2. The molecule has 0 bridgehead atoms. The van der Waals surface area contributed by atoms with Gasteiger partial charge < -0.3 is 14.6 Å². The van der Waals surface area contributed by atoms with E-state index in [2.05, 4.69) is 32.8 Å². The first-order valence-corrected chi connectivity index (χ1v) is 11.9. The van der Waals surface area contributed by atoms with E-state index >= 15 is 0 Å². The quantitative estimate of drug-likeness (QED) is 0.374. The normalized spacial score (nSPS) is 10.8. The molecule has 0 aromatic carbocycles. The molecule has 1 N–H and O–H groups in total. The predicted molar refractivity (Wildman–Crippen MR) is 129 cm³/mol. The van der Waals surface area contributed by atoms with E-state index in [4.69, 9.17) is 4.74 Å². The number of aromatic nitrogens is 3. The highest BCUT2D eigenvalue weighted by Crippen LogP contribution is 2.33. The van der Waals surface area contributed by atoms with Gasteiger partial charge in [-0.05, 0) is 56.5 Å². The molecule has 0 aliphatic carbocycles. The first kappa shape index (κ1) is 21.9. The number of hydrogen-bond acceptors (Lipinski definition) is 8. The molecule has 0 unspecified atom stereocenters. The molecular formula is C23H22N4O3S2. The average molecular weight is 467 g/mol. The number of nitrogens with one attached hydrogen (secondary N) is 1. The summed E-state index contributed by atoms with van der Waals surface area (Å²) in [4.78, 5) is 38.9. The molecular weight excluding hydrogens is 444 g/mol. The fourth-order valence-corrected chi connectivity index (χ4v) is 4.94. The molecule has 0 amide bonds. The van der Waals surface area contributed by atoms with Gasteiger partial charge in [0.25, 0.3) is 5.56 Å². The van der Waals surface area contributed by atoms with Crippen molar-refractivity contribution in [2.75, 3.05) is 18.1 Å². The first-order chi connectivity index (χ1) is 15.5. The maximum atomic E-state index is 12.6. The fraction of sp³-hybridized carbons (Fsp3) is 0.217. The third-order valence-electron chi connectivity index (χ3n) is 4.87. The molecule has 0 fully saturated rings. The van der Waals surface area contributed by atoms with Crippen LogP contribution in [0.3, 0.4) is 0 Å². The van der Waals surface area contributed by atoms with E-state index < -0.39 is 5.97 Å². The lowest BCUT2D eigenvalue weighted by Crippen LogP contribution is -2.16. The second-order valence-corrected chi connectivity index (χ2v) is 8.69. The van der Waals surface area contributed by atoms with E-state index in [-0.39, 0.29) is 12.2 Å². The van der Waals surface area contributed by atoms with Crippen LogP contribution in [-0.2, 0) is 4.74 Å². The van der Waals surface area contributed by atoms with Gasteiger partial charge in [0, 0.05) is 29.4 Å². The standard InChI is InChI=1S/C23H22N4O3S2/c1-4-27(20-7-6-10-31-20)19-11-15(8-9-24-19)22-26-18(13-32-22)17-12-16(23(29)30-5-2)14(3)25-21(17)28/h6-13H,4-5H2,1-3H3,(H,25,28). The number of hydrogen-bond donors (Lipinski definition) is 1. The molecule has 0 aliphatic rings. The van der Waals surface area contributed by atoms with Crippen LogP contribution in [0.25, 0.3) is 21.8 Å². The Bertz CT molecular complexity index is 1290. The van der Waals surface area contributed by atoms with Crippen LogP contribution in [0.15, 0.2) is 52.1 Å². The number of anilines is 2. The molecule has 4 rings (SSSR count). The molecule has 0 aliphatic heterocycles. The summed E-state index contributed by atoms with van der Waals surface area (Å²) < 4.78 is 5.10. The Balaban J connectivity index is 1.69. The maximum Gasteiger partial charge on any atom is 0.339 e. The molecule has 0 radical (unpaired) electrons. The van der Waals surface area contributed by atoms with Crippen molar-refractivity contribution in [2.45, 2.75) is 20.8 Å². The van der Waals surface area contributed by atoms with Crippen molar-refractivity contribution in [3.05, 3.63) is 68.9 Å². The topological polar surface area (TPSA) is 88.2 Å². The molecule has 164 valence electrons. The minimum absolute atomic E-state index is 0.262. The summed E-state index contributed by atoms with van der Waals surface area (Å²) in [6.07, 6.45) is 1.76. The summed E-state index contributed by atoms with van der Waals surface area (Å²) in [5.74, 6) is 0.368. The SMILES string of the molecule is CCOC(=O)c1cc(-c2csc(-c3ccnc(N(CC)c4cccs4)c3)n2)c(=O)[nH]c1C. The highest BCUT2D eigenvalue weighted by Gasteiger charge is 2.18. The van der Waals surface area contributed by atoms with Crippen LogP contribution < -0.4 is 10.5 Å². The third-order valence-corrected chi connectivity index (χ3v) is 6.65. The third kappa shape index (κ3) is 4.35. The second-order valence-electron chi connectivity index (χ2n) is 6.91. The van der Waals surface area contributed by atoms with Gasteiger partial charge in [0.05, 0.1) is 28.4 Å². The second kappa shape index (κ2) is 9.46. The van der Waals surface area contributed by atoms with Gasteiger partial charge in [-0.1, -0.05) is 0 Å². The van der Waals surface area contributed by atoms with Crippen molar-refractivity contribution in [1.82, 2.24) is 15.0 Å². The van der Waals surface area contributed by atoms with Crippen LogP contribution in [0.5, 0.6) is 0 Å². The molecule has 9 heteroatoms. The summed E-state index contributed by atoms with van der Waals surface area (Å²) in [5, 5.41) is 5.75. The predicted octanol–water partition coefficient (Wildman–Crippen LogP) is 5.27. The van der Waals surface area contributed by atoms with Crippen LogP contribution in [0, 0.1) is 6.92 Å². The number of aryl methyl sites for hydroxylation is 1. The number of ether oxygens (including phenoxy) is 1. The number of aromatic amines is 1. The lowest BCUT2D eigenvalue weighted by molar-refractivity contribution is 0.0525. The van der Waals surface area contributed by atoms with Gasteiger partial charge in [0.1, 0.15) is 10.8 Å². The molecule has 7 nitrogen and oxygen atoms in total. The summed E-state index contributed by atoms with van der Waals surface area (Å²) in [6, 6.07) is 9.53. The Kier molecular flexibility index (Phi) is 6.48. The van der Waals surface area contributed by atoms with Crippen LogP contribution in [0.4, 0.5) is 10.8 Å². The summed E-state index contributed by atoms with van der Waals surface area (Å²) in [7, 11) is 0. The number of nitrogens with zero attached hydrogens (tertiary/aromatic N) is 3. The number of H-pyrrole nitrogens is 1. The molecule has 0 spiro atoms. The van der Waals surface area contributed by atoms with Crippen LogP contribution >= 0.6 is 22.7 Å². The van der Waals surface area contributed by atoms with Gasteiger partial charge >= 0.3 is 5.97 Å². The van der Waals surface area contributed by atoms with Gasteiger partial charge in [0.15, 0.2) is 0 Å². The maximum absolute atomic E-state index is 12.6. The van der Waals surface area contributed by atoms with Crippen molar-refractivity contribution < 1.29 is 9.53 Å². The molecule has 4 aromatic rings. The zero-order valence-electron chi connectivity index (χ0n) is 17.9. The zero-order chi connectivity index (χ0) is 22.7. The van der Waals surface area contributed by atoms with Gasteiger partial charge in [-0.25, -0.2) is 14.8 Å². The largest absolute Gasteiger partial charge is 0.462 e. The summed E-state index contributed by atoms with van der Waals surface area (Å²) >= 11 is 3.10. The van der Waals surface area contributed by atoms with Gasteiger partial charge in [-0.3, -0.25) is 4.79 Å². The van der Waals surface area contributed by atoms with E-state index in [1.165, 1.54) is 11.3 Å². The zero-order valence-corrected chi connectivity index (χ0v) is 19.5. The summed E-state index contributed by atoms with van der Waals surface area (Å²) in [6.45, 7) is 6.55. The average Bonchev–Trinajstić information content (AvgIpc) is 3.47. The van der Waals surface area contributed by atoms with Crippen LogP contribution in [0.2, 0.25) is 0 Å². The number of rotatable bonds is 7. The van der Waals surface area contributed by atoms with Crippen molar-refractivity contribution in [2.24, 2.45) is 0 Å². The van der Waals surface area contributed by atoms with Crippen molar-refractivity contribution >= 4 is 39.5 Å². The molecule has 4 aromatic heterocycles. The van der Waals surface area contributed by atoms with Gasteiger partial charge in [-0.15, -0.1) is 22.7 Å². The van der Waals surface area contributed by atoms with Crippen molar-refractivity contribution in [3.63, 3.8) is 0 Å². The smallest absolute Gasteiger partial charge is 0.339 e. The lowest BCUT2D eigenvalue weighted by atomic mass is 10.1. The molecule has 32 heavy (non-hydrogen) atoms.